The number of aryl methyl sites for hydroxylation is 1. The fourth-order valence-corrected chi connectivity index (χ4v) is 3.19. The number of nitrogens with one attached hydrogen (secondary N) is 1. The van der Waals surface area contributed by atoms with Crippen LogP contribution >= 0.6 is 11.3 Å². The lowest BCUT2D eigenvalue weighted by molar-refractivity contribution is -0.121. The Morgan fingerprint density at radius 1 is 1.00 bits per heavy atom. The molecule has 1 heterocycles. The van der Waals surface area contributed by atoms with Crippen LogP contribution in [0.1, 0.15) is 38.5 Å². The predicted molar refractivity (Wildman–Crippen MR) is 98.3 cm³/mol. The summed E-state index contributed by atoms with van der Waals surface area (Å²) in [5.74, 6) is -0.0507. The van der Waals surface area contributed by atoms with Gasteiger partial charge in [-0.2, -0.15) is 0 Å². The minimum absolute atomic E-state index is 0.0382. The van der Waals surface area contributed by atoms with Gasteiger partial charge in [-0.1, -0.05) is 24.3 Å². The molecule has 0 saturated heterocycles. The number of hydrogen-bond acceptors (Lipinski definition) is 4. The van der Waals surface area contributed by atoms with E-state index >= 15 is 0 Å². The number of amides is 1. The molecule has 1 aromatic heterocycles. The van der Waals surface area contributed by atoms with Gasteiger partial charge < -0.3 is 10.2 Å². The van der Waals surface area contributed by atoms with Crippen molar-refractivity contribution in [2.24, 2.45) is 0 Å². The lowest BCUT2D eigenvalue weighted by atomic mass is 10.1. The van der Waals surface area contributed by atoms with Gasteiger partial charge in [0.25, 0.3) is 0 Å². The van der Waals surface area contributed by atoms with E-state index in [2.05, 4.69) is 22.3 Å². The highest BCUT2D eigenvalue weighted by Gasteiger charge is 2.11. The van der Waals surface area contributed by atoms with E-state index in [1.54, 1.807) is 0 Å². The molecule has 0 atom stereocenters. The fraction of sp³-hybridized carbons (Fsp3) is 0.368. The maximum Gasteiger partial charge on any atom is 0.220 e. The normalized spacial score (nSPS) is 10.8. The summed E-state index contributed by atoms with van der Waals surface area (Å²) in [6, 6.07) is 12.0. The van der Waals surface area contributed by atoms with Crippen LogP contribution in [0.5, 0.6) is 0 Å². The molecule has 2 aromatic rings. The minimum Gasteiger partial charge on any atom is -0.352 e. The van der Waals surface area contributed by atoms with Crippen LogP contribution in [0.4, 0.5) is 0 Å². The van der Waals surface area contributed by atoms with Gasteiger partial charge in [-0.3, -0.25) is 9.59 Å². The second-order valence-electron chi connectivity index (χ2n) is 6.16. The molecule has 0 radical (unpaired) electrons. The number of benzene rings is 1. The molecule has 24 heavy (non-hydrogen) atoms. The largest absolute Gasteiger partial charge is 0.352 e. The summed E-state index contributed by atoms with van der Waals surface area (Å²) in [4.78, 5) is 27.9. The van der Waals surface area contributed by atoms with Crippen molar-refractivity contribution in [1.29, 1.82) is 0 Å². The first-order valence-electron chi connectivity index (χ1n) is 8.03. The molecule has 5 heteroatoms. The second kappa shape index (κ2) is 8.76. The SMILES string of the molecule is Cc1ccc(C(=O)CCC(=O)NCc2ccc(CN(C)C)cc2)s1. The van der Waals surface area contributed by atoms with E-state index in [-0.39, 0.29) is 24.5 Å². The van der Waals surface area contributed by atoms with E-state index in [4.69, 9.17) is 0 Å². The number of Topliss-reactive ketones (excluding diaryl/α,β-unsaturated/α-hetero) is 1. The topological polar surface area (TPSA) is 49.4 Å². The summed E-state index contributed by atoms with van der Waals surface area (Å²) in [7, 11) is 4.07. The van der Waals surface area contributed by atoms with Crippen LogP contribution in [0.3, 0.4) is 0 Å². The van der Waals surface area contributed by atoms with E-state index < -0.39 is 0 Å². The third kappa shape index (κ3) is 5.91. The summed E-state index contributed by atoms with van der Waals surface area (Å²) in [6.07, 6.45) is 0.488. The van der Waals surface area contributed by atoms with Gasteiger partial charge in [0.1, 0.15) is 0 Å². The first kappa shape index (κ1) is 18.4. The fourth-order valence-electron chi connectivity index (χ4n) is 2.35. The highest BCUT2D eigenvalue weighted by atomic mass is 32.1. The predicted octanol–water partition coefficient (Wildman–Crippen LogP) is 3.40. The number of carbonyl (C=O) groups is 2. The lowest BCUT2D eigenvalue weighted by Crippen LogP contribution is -2.23. The van der Waals surface area contributed by atoms with Crippen molar-refractivity contribution in [2.75, 3.05) is 14.1 Å². The Balaban J connectivity index is 1.73. The van der Waals surface area contributed by atoms with Crippen LogP contribution in [0.25, 0.3) is 0 Å². The Bertz CT molecular complexity index is 690. The Hall–Kier alpha value is -1.98. The third-order valence-electron chi connectivity index (χ3n) is 3.61. The molecule has 128 valence electrons. The number of rotatable bonds is 8. The Labute approximate surface area is 147 Å². The van der Waals surface area contributed by atoms with Crippen LogP contribution in [-0.4, -0.2) is 30.7 Å². The molecule has 0 aliphatic rings. The Kier molecular flexibility index (Phi) is 6.70. The third-order valence-corrected chi connectivity index (χ3v) is 4.65. The van der Waals surface area contributed by atoms with Gasteiger partial charge in [-0.25, -0.2) is 0 Å². The lowest BCUT2D eigenvalue weighted by Gasteiger charge is -2.10. The zero-order valence-electron chi connectivity index (χ0n) is 14.5. The standard InChI is InChI=1S/C19H24N2O2S/c1-14-4-10-18(24-14)17(22)9-11-19(23)20-12-15-5-7-16(8-6-15)13-21(2)3/h4-8,10H,9,11-13H2,1-3H3,(H,20,23). The highest BCUT2D eigenvalue weighted by Crippen LogP contribution is 2.17. The maximum atomic E-state index is 12.0. The molecule has 0 spiro atoms. The summed E-state index contributed by atoms with van der Waals surface area (Å²) in [5, 5.41) is 2.87. The molecule has 0 aliphatic heterocycles. The van der Waals surface area contributed by atoms with Crippen LogP contribution < -0.4 is 5.32 Å². The number of ketones is 1. The highest BCUT2D eigenvalue weighted by molar-refractivity contribution is 7.14. The van der Waals surface area contributed by atoms with Gasteiger partial charge in [0.2, 0.25) is 5.91 Å². The van der Waals surface area contributed by atoms with E-state index in [0.29, 0.717) is 6.54 Å². The van der Waals surface area contributed by atoms with Gasteiger partial charge in [0.15, 0.2) is 5.78 Å². The van der Waals surface area contributed by atoms with E-state index in [9.17, 15) is 9.59 Å². The average molecular weight is 344 g/mol. The van der Waals surface area contributed by atoms with Crippen LogP contribution in [0.2, 0.25) is 0 Å². The molecule has 2 rings (SSSR count). The smallest absolute Gasteiger partial charge is 0.220 e. The molecule has 1 aromatic carbocycles. The molecule has 1 amide bonds. The summed E-state index contributed by atoms with van der Waals surface area (Å²) in [5.41, 5.74) is 2.30. The van der Waals surface area contributed by atoms with Gasteiger partial charge in [0, 0.05) is 30.8 Å². The van der Waals surface area contributed by atoms with Gasteiger partial charge in [-0.05, 0) is 44.3 Å². The van der Waals surface area contributed by atoms with Crippen molar-refractivity contribution < 1.29 is 9.59 Å². The molecule has 4 nitrogen and oxygen atoms in total. The van der Waals surface area contributed by atoms with Gasteiger partial charge in [-0.15, -0.1) is 11.3 Å². The number of carbonyl (C=O) groups excluding carboxylic acids is 2. The van der Waals surface area contributed by atoms with Gasteiger partial charge in [0.05, 0.1) is 4.88 Å². The molecule has 0 bridgehead atoms. The van der Waals surface area contributed by atoms with Crippen LogP contribution in [0.15, 0.2) is 36.4 Å². The summed E-state index contributed by atoms with van der Waals surface area (Å²) in [6.45, 7) is 3.36. The molecule has 1 N–H and O–H groups in total. The minimum atomic E-state index is -0.0889. The van der Waals surface area contributed by atoms with Gasteiger partial charge >= 0.3 is 0 Å². The van der Waals surface area contributed by atoms with Crippen molar-refractivity contribution >= 4 is 23.0 Å². The van der Waals surface area contributed by atoms with Crippen molar-refractivity contribution in [2.45, 2.75) is 32.9 Å². The van der Waals surface area contributed by atoms with Crippen molar-refractivity contribution in [3.8, 4) is 0 Å². The van der Waals surface area contributed by atoms with Crippen LogP contribution in [0, 0.1) is 6.92 Å². The summed E-state index contributed by atoms with van der Waals surface area (Å²) >= 11 is 1.48. The zero-order valence-corrected chi connectivity index (χ0v) is 15.3. The second-order valence-corrected chi connectivity index (χ2v) is 7.45. The number of nitrogens with zero attached hydrogens (tertiary/aromatic N) is 1. The first-order valence-corrected chi connectivity index (χ1v) is 8.84. The molecule has 0 fully saturated rings. The molecule has 0 saturated carbocycles. The van der Waals surface area contributed by atoms with Crippen molar-refractivity contribution in [1.82, 2.24) is 10.2 Å². The van der Waals surface area contributed by atoms with Crippen molar-refractivity contribution in [3.63, 3.8) is 0 Å². The zero-order chi connectivity index (χ0) is 17.5. The van der Waals surface area contributed by atoms with E-state index in [1.165, 1.54) is 16.9 Å². The molecular formula is C19H24N2O2S. The molecule has 0 aliphatic carbocycles. The maximum absolute atomic E-state index is 12.0. The summed E-state index contributed by atoms with van der Waals surface area (Å²) < 4.78 is 0. The monoisotopic (exact) mass is 344 g/mol. The average Bonchev–Trinajstić information content (AvgIpc) is 2.98. The number of thiophene rings is 1. The van der Waals surface area contributed by atoms with Crippen LogP contribution in [-0.2, 0) is 17.9 Å². The van der Waals surface area contributed by atoms with E-state index in [0.717, 1.165) is 21.9 Å². The van der Waals surface area contributed by atoms with Crippen molar-refractivity contribution in [3.05, 3.63) is 57.3 Å². The quantitative estimate of drug-likeness (QED) is 0.747. The first-order chi connectivity index (χ1) is 11.4. The molecular weight excluding hydrogens is 320 g/mol. The Morgan fingerprint density at radius 2 is 1.67 bits per heavy atom. The Morgan fingerprint density at radius 3 is 2.25 bits per heavy atom. The number of hydrogen-bond donors (Lipinski definition) is 1. The van der Waals surface area contributed by atoms with E-state index in [1.807, 2.05) is 45.3 Å². The molecule has 0 unspecified atom stereocenters.